The lowest BCUT2D eigenvalue weighted by atomic mass is 10.0. The smallest absolute Gasteiger partial charge is 0.262 e. The number of methoxy groups -OCH3 is 2. The van der Waals surface area contributed by atoms with Crippen molar-refractivity contribution in [1.29, 1.82) is 0 Å². The number of hydrogen-bond donors (Lipinski definition) is 0. The number of rotatable bonds is 5. The molecule has 0 bridgehead atoms. The second kappa shape index (κ2) is 7.63. The van der Waals surface area contributed by atoms with Crippen molar-refractivity contribution in [2.24, 2.45) is 0 Å². The maximum atomic E-state index is 13.0. The molecule has 1 aliphatic rings. The standard InChI is InChI=1S/C20H21N3O4S/c1-26-13-5-6-17(27-2)15(10-13)16-4-3-8-23(16)18(24)11-22-12-21-19-14(20(22)25)7-9-28-19/h5-7,9-10,12,16H,3-4,8,11H2,1-2H3. The van der Waals surface area contributed by atoms with Crippen LogP contribution < -0.4 is 15.0 Å². The van der Waals surface area contributed by atoms with Crippen LogP contribution in [-0.2, 0) is 11.3 Å². The summed E-state index contributed by atoms with van der Waals surface area (Å²) < 4.78 is 12.2. The van der Waals surface area contributed by atoms with Gasteiger partial charge in [-0.15, -0.1) is 11.3 Å². The predicted molar refractivity (Wildman–Crippen MR) is 107 cm³/mol. The number of nitrogens with zero attached hydrogens (tertiary/aromatic N) is 3. The van der Waals surface area contributed by atoms with Crippen LogP contribution in [0, 0.1) is 0 Å². The number of hydrogen-bond acceptors (Lipinski definition) is 6. The fourth-order valence-corrected chi connectivity index (χ4v) is 4.45. The Balaban J connectivity index is 1.62. The molecule has 1 atom stereocenters. The molecule has 1 aromatic carbocycles. The summed E-state index contributed by atoms with van der Waals surface area (Å²) in [7, 11) is 3.23. The van der Waals surface area contributed by atoms with Crippen LogP contribution in [0.25, 0.3) is 10.2 Å². The molecule has 1 fully saturated rings. The first-order valence-electron chi connectivity index (χ1n) is 9.06. The van der Waals surface area contributed by atoms with Crippen LogP contribution in [-0.4, -0.2) is 41.1 Å². The highest BCUT2D eigenvalue weighted by atomic mass is 32.1. The molecule has 4 rings (SSSR count). The number of carbonyl (C=O) groups is 1. The number of fused-ring (bicyclic) bond motifs is 1. The zero-order valence-corrected chi connectivity index (χ0v) is 16.6. The summed E-state index contributed by atoms with van der Waals surface area (Å²) in [6.45, 7) is 0.618. The lowest BCUT2D eigenvalue weighted by Crippen LogP contribution is -2.36. The number of aromatic nitrogens is 2. The van der Waals surface area contributed by atoms with E-state index >= 15 is 0 Å². The topological polar surface area (TPSA) is 73.7 Å². The van der Waals surface area contributed by atoms with Crippen LogP contribution in [0.3, 0.4) is 0 Å². The Morgan fingerprint density at radius 1 is 1.29 bits per heavy atom. The maximum absolute atomic E-state index is 13.0. The molecule has 8 heteroatoms. The Kier molecular flexibility index (Phi) is 5.04. The fraction of sp³-hybridized carbons (Fsp3) is 0.350. The van der Waals surface area contributed by atoms with E-state index in [4.69, 9.17) is 9.47 Å². The Bertz CT molecular complexity index is 1070. The van der Waals surface area contributed by atoms with Crippen molar-refractivity contribution in [3.63, 3.8) is 0 Å². The molecule has 2 aromatic heterocycles. The van der Waals surface area contributed by atoms with E-state index in [-0.39, 0.29) is 24.1 Å². The van der Waals surface area contributed by atoms with Gasteiger partial charge in [-0.1, -0.05) is 0 Å². The van der Waals surface area contributed by atoms with Gasteiger partial charge in [-0.2, -0.15) is 0 Å². The molecule has 3 aromatic rings. The minimum atomic E-state index is -0.186. The van der Waals surface area contributed by atoms with Gasteiger partial charge in [0, 0.05) is 12.1 Å². The summed E-state index contributed by atoms with van der Waals surface area (Å²) >= 11 is 1.41. The van der Waals surface area contributed by atoms with Gasteiger partial charge < -0.3 is 14.4 Å². The maximum Gasteiger partial charge on any atom is 0.262 e. The molecule has 0 radical (unpaired) electrons. The summed E-state index contributed by atoms with van der Waals surface area (Å²) in [6, 6.07) is 7.25. The average molecular weight is 399 g/mol. The summed E-state index contributed by atoms with van der Waals surface area (Å²) in [5.74, 6) is 1.34. The van der Waals surface area contributed by atoms with E-state index in [1.807, 2.05) is 28.5 Å². The summed E-state index contributed by atoms with van der Waals surface area (Å²) in [5, 5.41) is 2.38. The first-order chi connectivity index (χ1) is 13.6. The van der Waals surface area contributed by atoms with Crippen molar-refractivity contribution in [2.75, 3.05) is 20.8 Å². The first kappa shape index (κ1) is 18.5. The van der Waals surface area contributed by atoms with Crippen LogP contribution in [0.4, 0.5) is 0 Å². The Morgan fingerprint density at radius 2 is 2.14 bits per heavy atom. The van der Waals surface area contributed by atoms with Gasteiger partial charge in [-0.25, -0.2) is 4.98 Å². The normalized spacial score (nSPS) is 16.5. The predicted octanol–water partition coefficient (Wildman–Crippen LogP) is 2.84. The van der Waals surface area contributed by atoms with Crippen molar-refractivity contribution in [2.45, 2.75) is 25.4 Å². The summed E-state index contributed by atoms with van der Waals surface area (Å²) in [5.41, 5.74) is 0.737. The lowest BCUT2D eigenvalue weighted by molar-refractivity contribution is -0.132. The molecule has 3 heterocycles. The van der Waals surface area contributed by atoms with Gasteiger partial charge in [0.2, 0.25) is 5.91 Å². The van der Waals surface area contributed by atoms with E-state index in [0.717, 1.165) is 29.9 Å². The van der Waals surface area contributed by atoms with Crippen molar-refractivity contribution in [1.82, 2.24) is 14.5 Å². The van der Waals surface area contributed by atoms with Crippen LogP contribution in [0.15, 0.2) is 40.8 Å². The summed E-state index contributed by atoms with van der Waals surface area (Å²) in [6.07, 6.45) is 3.19. The minimum absolute atomic E-state index is 0.0274. The number of carbonyl (C=O) groups excluding carboxylic acids is 1. The Labute approximate surface area is 166 Å². The molecule has 7 nitrogen and oxygen atoms in total. The third-order valence-electron chi connectivity index (χ3n) is 5.13. The zero-order chi connectivity index (χ0) is 19.7. The molecule has 0 spiro atoms. The zero-order valence-electron chi connectivity index (χ0n) is 15.8. The fourth-order valence-electron chi connectivity index (χ4n) is 3.73. The van der Waals surface area contributed by atoms with Gasteiger partial charge in [0.15, 0.2) is 0 Å². The second-order valence-electron chi connectivity index (χ2n) is 6.67. The molecule has 0 saturated carbocycles. The SMILES string of the molecule is COc1ccc(OC)c(C2CCCN2C(=O)Cn2cnc3sccc3c2=O)c1. The van der Waals surface area contributed by atoms with Crippen molar-refractivity contribution in [3.8, 4) is 11.5 Å². The Hall–Kier alpha value is -2.87. The van der Waals surface area contributed by atoms with Gasteiger partial charge in [0.25, 0.3) is 5.56 Å². The number of likely N-dealkylation sites (tertiary alicyclic amines) is 1. The van der Waals surface area contributed by atoms with E-state index in [1.165, 1.54) is 22.2 Å². The van der Waals surface area contributed by atoms with Crippen LogP contribution in [0.2, 0.25) is 0 Å². The third-order valence-corrected chi connectivity index (χ3v) is 5.95. The van der Waals surface area contributed by atoms with Crippen molar-refractivity contribution < 1.29 is 14.3 Å². The quantitative estimate of drug-likeness (QED) is 0.660. The van der Waals surface area contributed by atoms with Crippen molar-refractivity contribution in [3.05, 3.63) is 51.9 Å². The van der Waals surface area contributed by atoms with Crippen molar-refractivity contribution >= 4 is 27.5 Å². The largest absolute Gasteiger partial charge is 0.497 e. The molecule has 1 amide bonds. The van der Waals surface area contributed by atoms with Gasteiger partial charge in [0.05, 0.1) is 32.0 Å². The molecule has 28 heavy (non-hydrogen) atoms. The van der Waals surface area contributed by atoms with Gasteiger partial charge >= 0.3 is 0 Å². The van der Waals surface area contributed by atoms with E-state index in [1.54, 1.807) is 20.3 Å². The molecule has 146 valence electrons. The summed E-state index contributed by atoms with van der Waals surface area (Å²) in [4.78, 5) is 32.4. The van der Waals surface area contributed by atoms with Crippen LogP contribution in [0.1, 0.15) is 24.4 Å². The monoisotopic (exact) mass is 399 g/mol. The number of amides is 1. The Morgan fingerprint density at radius 3 is 2.93 bits per heavy atom. The second-order valence-corrected chi connectivity index (χ2v) is 7.56. The molecular formula is C20H21N3O4S. The highest BCUT2D eigenvalue weighted by molar-refractivity contribution is 7.16. The van der Waals surface area contributed by atoms with Gasteiger partial charge in [0.1, 0.15) is 22.9 Å². The molecule has 1 unspecified atom stereocenters. The lowest BCUT2D eigenvalue weighted by Gasteiger charge is -2.27. The van der Waals surface area contributed by atoms with E-state index in [2.05, 4.69) is 4.98 Å². The number of benzene rings is 1. The van der Waals surface area contributed by atoms with Crippen LogP contribution in [0.5, 0.6) is 11.5 Å². The number of thiophene rings is 1. The molecule has 1 saturated heterocycles. The molecular weight excluding hydrogens is 378 g/mol. The van der Waals surface area contributed by atoms with E-state index in [0.29, 0.717) is 16.8 Å². The minimum Gasteiger partial charge on any atom is -0.497 e. The highest BCUT2D eigenvalue weighted by Crippen LogP contribution is 2.39. The third kappa shape index (κ3) is 3.24. The van der Waals surface area contributed by atoms with E-state index in [9.17, 15) is 9.59 Å². The van der Waals surface area contributed by atoms with Crippen LogP contribution >= 0.6 is 11.3 Å². The molecule has 0 aliphatic carbocycles. The number of ether oxygens (including phenoxy) is 2. The highest BCUT2D eigenvalue weighted by Gasteiger charge is 2.32. The first-order valence-corrected chi connectivity index (χ1v) is 9.94. The molecule has 1 aliphatic heterocycles. The van der Waals surface area contributed by atoms with E-state index < -0.39 is 0 Å². The average Bonchev–Trinajstić information content (AvgIpc) is 3.39. The van der Waals surface area contributed by atoms with Gasteiger partial charge in [-0.05, 0) is 42.5 Å². The molecule has 0 N–H and O–H groups in total. The van der Waals surface area contributed by atoms with Gasteiger partial charge in [-0.3, -0.25) is 14.2 Å².